The van der Waals surface area contributed by atoms with E-state index in [9.17, 15) is 4.79 Å². The standard InChI is InChI=1S/C16H24N2O/c1-3-18(15-9-7-13(2)8-10-15)16(19)12-14-6-4-5-11-17-14/h7-10,14,17H,3-6,11-12H2,1-2H3. The van der Waals surface area contributed by atoms with Crippen molar-refractivity contribution in [3.05, 3.63) is 29.8 Å². The second-order valence-corrected chi connectivity index (χ2v) is 5.32. The molecule has 3 heteroatoms. The largest absolute Gasteiger partial charge is 0.313 e. The van der Waals surface area contributed by atoms with Gasteiger partial charge in [-0.2, -0.15) is 0 Å². The minimum atomic E-state index is 0.228. The van der Waals surface area contributed by atoms with E-state index in [4.69, 9.17) is 0 Å². The first kappa shape index (κ1) is 14.1. The monoisotopic (exact) mass is 260 g/mol. The Bertz CT molecular complexity index is 407. The van der Waals surface area contributed by atoms with Crippen LogP contribution >= 0.6 is 0 Å². The Morgan fingerprint density at radius 2 is 2.05 bits per heavy atom. The van der Waals surface area contributed by atoms with Crippen molar-refractivity contribution in [1.29, 1.82) is 0 Å². The minimum absolute atomic E-state index is 0.228. The molecule has 1 heterocycles. The molecule has 0 bridgehead atoms. The third-order valence-electron chi connectivity index (χ3n) is 3.80. The molecule has 1 aliphatic heterocycles. The van der Waals surface area contributed by atoms with E-state index < -0.39 is 0 Å². The molecule has 0 aromatic heterocycles. The average Bonchev–Trinajstić information content (AvgIpc) is 2.43. The highest BCUT2D eigenvalue weighted by Crippen LogP contribution is 2.18. The van der Waals surface area contributed by atoms with Gasteiger partial charge in [0.25, 0.3) is 0 Å². The fourth-order valence-electron chi connectivity index (χ4n) is 2.65. The summed E-state index contributed by atoms with van der Waals surface area (Å²) in [6, 6.07) is 8.55. The highest BCUT2D eigenvalue weighted by molar-refractivity contribution is 5.93. The van der Waals surface area contributed by atoms with Crippen LogP contribution in [0.4, 0.5) is 5.69 Å². The molecule has 2 rings (SSSR count). The Morgan fingerprint density at radius 3 is 2.63 bits per heavy atom. The lowest BCUT2D eigenvalue weighted by atomic mass is 10.0. The second kappa shape index (κ2) is 6.71. The van der Waals surface area contributed by atoms with Crippen molar-refractivity contribution in [1.82, 2.24) is 5.32 Å². The Morgan fingerprint density at radius 1 is 1.32 bits per heavy atom. The van der Waals surface area contributed by atoms with E-state index in [1.807, 2.05) is 24.0 Å². The van der Waals surface area contributed by atoms with E-state index in [2.05, 4.69) is 24.4 Å². The van der Waals surface area contributed by atoms with Crippen LogP contribution in [0, 0.1) is 6.92 Å². The number of anilines is 1. The maximum atomic E-state index is 12.4. The maximum Gasteiger partial charge on any atom is 0.228 e. The predicted molar refractivity (Wildman–Crippen MR) is 79.5 cm³/mol. The lowest BCUT2D eigenvalue weighted by Crippen LogP contribution is -2.40. The molecule has 1 unspecified atom stereocenters. The van der Waals surface area contributed by atoms with Crippen molar-refractivity contribution in [3.63, 3.8) is 0 Å². The van der Waals surface area contributed by atoms with Gasteiger partial charge in [-0.1, -0.05) is 24.1 Å². The molecule has 1 N–H and O–H groups in total. The fourth-order valence-corrected chi connectivity index (χ4v) is 2.65. The molecule has 1 fully saturated rings. The molecule has 1 atom stereocenters. The number of amides is 1. The van der Waals surface area contributed by atoms with Crippen LogP contribution < -0.4 is 10.2 Å². The highest BCUT2D eigenvalue weighted by Gasteiger charge is 2.20. The van der Waals surface area contributed by atoms with Gasteiger partial charge in [0.1, 0.15) is 0 Å². The molecule has 1 aliphatic rings. The van der Waals surface area contributed by atoms with Crippen LogP contribution in [-0.4, -0.2) is 25.0 Å². The normalized spacial score (nSPS) is 19.2. The average molecular weight is 260 g/mol. The number of piperidine rings is 1. The number of nitrogens with one attached hydrogen (secondary N) is 1. The summed E-state index contributed by atoms with van der Waals surface area (Å²) in [5.74, 6) is 0.228. The highest BCUT2D eigenvalue weighted by atomic mass is 16.2. The zero-order chi connectivity index (χ0) is 13.7. The summed E-state index contributed by atoms with van der Waals surface area (Å²) in [5, 5.41) is 3.44. The maximum absolute atomic E-state index is 12.4. The topological polar surface area (TPSA) is 32.3 Å². The van der Waals surface area contributed by atoms with E-state index in [-0.39, 0.29) is 5.91 Å². The molecule has 0 aliphatic carbocycles. The summed E-state index contributed by atoms with van der Waals surface area (Å²) in [6.07, 6.45) is 4.21. The van der Waals surface area contributed by atoms with Gasteiger partial charge in [-0.25, -0.2) is 0 Å². The van der Waals surface area contributed by atoms with E-state index in [1.54, 1.807) is 0 Å². The van der Waals surface area contributed by atoms with Gasteiger partial charge >= 0.3 is 0 Å². The molecule has 0 saturated carbocycles. The van der Waals surface area contributed by atoms with Gasteiger partial charge in [-0.3, -0.25) is 4.79 Å². The minimum Gasteiger partial charge on any atom is -0.313 e. The van der Waals surface area contributed by atoms with Crippen molar-refractivity contribution < 1.29 is 4.79 Å². The molecule has 1 amide bonds. The lowest BCUT2D eigenvalue weighted by Gasteiger charge is -2.27. The number of aryl methyl sites for hydroxylation is 1. The van der Waals surface area contributed by atoms with Gasteiger partial charge in [0.05, 0.1) is 0 Å². The third kappa shape index (κ3) is 3.80. The first-order chi connectivity index (χ1) is 9.20. The van der Waals surface area contributed by atoms with Crippen LogP contribution in [0.5, 0.6) is 0 Å². The molecular weight excluding hydrogens is 236 g/mol. The van der Waals surface area contributed by atoms with Crippen LogP contribution in [-0.2, 0) is 4.79 Å². The van der Waals surface area contributed by atoms with Crippen LogP contribution in [0.2, 0.25) is 0 Å². The fraction of sp³-hybridized carbons (Fsp3) is 0.562. The van der Waals surface area contributed by atoms with Crippen LogP contribution in [0.1, 0.15) is 38.2 Å². The summed E-state index contributed by atoms with van der Waals surface area (Å²) in [4.78, 5) is 14.3. The molecule has 3 nitrogen and oxygen atoms in total. The van der Waals surface area contributed by atoms with Gasteiger partial charge < -0.3 is 10.2 Å². The van der Waals surface area contributed by atoms with Crippen molar-refractivity contribution in [2.45, 2.75) is 45.6 Å². The number of hydrogen-bond acceptors (Lipinski definition) is 2. The van der Waals surface area contributed by atoms with Crippen LogP contribution in [0.25, 0.3) is 0 Å². The first-order valence-corrected chi connectivity index (χ1v) is 7.31. The van der Waals surface area contributed by atoms with Gasteiger partial charge in [0.15, 0.2) is 0 Å². The zero-order valence-electron chi connectivity index (χ0n) is 12.0. The van der Waals surface area contributed by atoms with E-state index in [0.29, 0.717) is 12.5 Å². The molecule has 1 aromatic carbocycles. The molecule has 0 radical (unpaired) electrons. The Labute approximate surface area is 116 Å². The number of rotatable bonds is 4. The second-order valence-electron chi connectivity index (χ2n) is 5.32. The van der Waals surface area contributed by atoms with Crippen LogP contribution in [0.3, 0.4) is 0 Å². The molecule has 19 heavy (non-hydrogen) atoms. The summed E-state index contributed by atoms with van der Waals surface area (Å²) >= 11 is 0. The molecule has 0 spiro atoms. The van der Waals surface area contributed by atoms with E-state index in [0.717, 1.165) is 25.2 Å². The van der Waals surface area contributed by atoms with E-state index in [1.165, 1.54) is 18.4 Å². The zero-order valence-corrected chi connectivity index (χ0v) is 12.0. The van der Waals surface area contributed by atoms with Gasteiger partial charge in [-0.05, 0) is 45.4 Å². The Kier molecular flexibility index (Phi) is 4.97. The van der Waals surface area contributed by atoms with Crippen molar-refractivity contribution in [2.75, 3.05) is 18.0 Å². The van der Waals surface area contributed by atoms with Crippen molar-refractivity contribution in [3.8, 4) is 0 Å². The summed E-state index contributed by atoms with van der Waals surface area (Å²) in [5.41, 5.74) is 2.23. The van der Waals surface area contributed by atoms with Gasteiger partial charge in [-0.15, -0.1) is 0 Å². The first-order valence-electron chi connectivity index (χ1n) is 7.31. The molecule has 1 saturated heterocycles. The number of nitrogens with zero attached hydrogens (tertiary/aromatic N) is 1. The smallest absolute Gasteiger partial charge is 0.228 e. The third-order valence-corrected chi connectivity index (χ3v) is 3.80. The molecule has 104 valence electrons. The Hall–Kier alpha value is -1.35. The quantitative estimate of drug-likeness (QED) is 0.903. The SMILES string of the molecule is CCN(C(=O)CC1CCCCN1)c1ccc(C)cc1. The summed E-state index contributed by atoms with van der Waals surface area (Å²) in [7, 11) is 0. The molecule has 1 aromatic rings. The Balaban J connectivity index is 2.00. The number of benzene rings is 1. The predicted octanol–water partition coefficient (Wildman–Crippen LogP) is 2.88. The van der Waals surface area contributed by atoms with Crippen molar-refractivity contribution in [2.24, 2.45) is 0 Å². The number of hydrogen-bond donors (Lipinski definition) is 1. The van der Waals surface area contributed by atoms with Crippen LogP contribution in [0.15, 0.2) is 24.3 Å². The number of carbonyl (C=O) groups excluding carboxylic acids is 1. The summed E-state index contributed by atoms with van der Waals surface area (Å²) < 4.78 is 0. The number of carbonyl (C=O) groups is 1. The summed E-state index contributed by atoms with van der Waals surface area (Å²) in [6.45, 7) is 5.88. The van der Waals surface area contributed by atoms with E-state index >= 15 is 0 Å². The van der Waals surface area contributed by atoms with Crippen molar-refractivity contribution >= 4 is 11.6 Å². The van der Waals surface area contributed by atoms with Gasteiger partial charge in [0, 0.05) is 24.7 Å². The van der Waals surface area contributed by atoms with Gasteiger partial charge in [0.2, 0.25) is 5.91 Å². The molecular formula is C16H24N2O. The lowest BCUT2D eigenvalue weighted by molar-refractivity contribution is -0.119.